The normalized spacial score (nSPS) is 11.4. The Balaban J connectivity index is 1.94. The average molecular weight is 327 g/mol. The van der Waals surface area contributed by atoms with Gasteiger partial charge >= 0.3 is 0 Å². The number of hydrogen-bond donors (Lipinski definition) is 1. The first kappa shape index (κ1) is 18.3. The Morgan fingerprint density at radius 3 is 2.08 bits per heavy atom. The lowest BCUT2D eigenvalue weighted by Gasteiger charge is -2.23. The SMILES string of the molecule is CCc1ccc(OCCOc2ccc(CN)cc2)c(C(C)(C)C)c1. The van der Waals surface area contributed by atoms with Gasteiger partial charge in [0.05, 0.1) is 0 Å². The maximum absolute atomic E-state index is 5.98. The second-order valence-corrected chi connectivity index (χ2v) is 6.98. The fourth-order valence-corrected chi connectivity index (χ4v) is 2.54. The maximum atomic E-state index is 5.98. The van der Waals surface area contributed by atoms with E-state index in [0.29, 0.717) is 19.8 Å². The second kappa shape index (κ2) is 8.20. The van der Waals surface area contributed by atoms with Crippen LogP contribution in [0.1, 0.15) is 44.4 Å². The van der Waals surface area contributed by atoms with Gasteiger partial charge in [-0.05, 0) is 46.7 Å². The fraction of sp³-hybridized carbons (Fsp3) is 0.429. The molecule has 0 aliphatic rings. The van der Waals surface area contributed by atoms with Crippen molar-refractivity contribution in [1.82, 2.24) is 0 Å². The van der Waals surface area contributed by atoms with Crippen molar-refractivity contribution in [2.24, 2.45) is 5.73 Å². The lowest BCUT2D eigenvalue weighted by Crippen LogP contribution is -2.16. The Labute approximate surface area is 145 Å². The van der Waals surface area contributed by atoms with E-state index in [1.54, 1.807) is 0 Å². The van der Waals surface area contributed by atoms with Gasteiger partial charge < -0.3 is 15.2 Å². The molecular formula is C21H29NO2. The number of benzene rings is 2. The van der Waals surface area contributed by atoms with Crippen LogP contribution in [0.2, 0.25) is 0 Å². The van der Waals surface area contributed by atoms with Crippen molar-refractivity contribution in [3.63, 3.8) is 0 Å². The number of hydrogen-bond acceptors (Lipinski definition) is 3. The van der Waals surface area contributed by atoms with Crippen molar-refractivity contribution in [2.75, 3.05) is 13.2 Å². The molecule has 0 amide bonds. The zero-order valence-electron chi connectivity index (χ0n) is 15.3. The summed E-state index contributed by atoms with van der Waals surface area (Å²) in [5.74, 6) is 1.79. The summed E-state index contributed by atoms with van der Waals surface area (Å²) in [5, 5.41) is 0. The van der Waals surface area contributed by atoms with Crippen molar-refractivity contribution in [2.45, 2.75) is 46.1 Å². The molecule has 24 heavy (non-hydrogen) atoms. The Bertz CT molecular complexity index is 642. The van der Waals surface area contributed by atoms with E-state index in [1.165, 1.54) is 11.1 Å². The number of aryl methyl sites for hydroxylation is 1. The van der Waals surface area contributed by atoms with Gasteiger partial charge in [-0.1, -0.05) is 52.0 Å². The third-order valence-electron chi connectivity index (χ3n) is 4.03. The highest BCUT2D eigenvalue weighted by atomic mass is 16.5. The summed E-state index contributed by atoms with van der Waals surface area (Å²) in [6.45, 7) is 10.4. The summed E-state index contributed by atoms with van der Waals surface area (Å²) < 4.78 is 11.7. The minimum absolute atomic E-state index is 0.0550. The zero-order chi connectivity index (χ0) is 17.6. The van der Waals surface area contributed by atoms with Gasteiger partial charge in [-0.25, -0.2) is 0 Å². The third kappa shape index (κ3) is 5.00. The Morgan fingerprint density at radius 2 is 1.50 bits per heavy atom. The molecule has 2 rings (SSSR count). The summed E-state index contributed by atoms with van der Waals surface area (Å²) in [6.07, 6.45) is 1.03. The van der Waals surface area contributed by atoms with Gasteiger partial charge in [-0.15, -0.1) is 0 Å². The van der Waals surface area contributed by atoms with Crippen LogP contribution in [-0.4, -0.2) is 13.2 Å². The zero-order valence-corrected chi connectivity index (χ0v) is 15.3. The highest BCUT2D eigenvalue weighted by Crippen LogP contribution is 2.32. The molecule has 3 nitrogen and oxygen atoms in total. The van der Waals surface area contributed by atoms with Crippen LogP contribution in [0, 0.1) is 0 Å². The molecule has 0 aliphatic carbocycles. The van der Waals surface area contributed by atoms with Gasteiger partial charge in [-0.3, -0.25) is 0 Å². The lowest BCUT2D eigenvalue weighted by molar-refractivity contribution is 0.214. The molecule has 0 radical (unpaired) electrons. The van der Waals surface area contributed by atoms with Gasteiger partial charge in [0.2, 0.25) is 0 Å². The van der Waals surface area contributed by atoms with Crippen LogP contribution in [0.4, 0.5) is 0 Å². The molecule has 3 heteroatoms. The minimum atomic E-state index is 0.0550. The first-order valence-corrected chi connectivity index (χ1v) is 8.62. The van der Waals surface area contributed by atoms with Gasteiger partial charge in [-0.2, -0.15) is 0 Å². The topological polar surface area (TPSA) is 44.5 Å². The van der Waals surface area contributed by atoms with E-state index in [4.69, 9.17) is 15.2 Å². The van der Waals surface area contributed by atoms with Crippen LogP contribution in [0.15, 0.2) is 42.5 Å². The molecule has 2 N–H and O–H groups in total. The summed E-state index contributed by atoms with van der Waals surface area (Å²) in [4.78, 5) is 0. The lowest BCUT2D eigenvalue weighted by atomic mass is 9.85. The molecule has 0 atom stereocenters. The summed E-state index contributed by atoms with van der Waals surface area (Å²) in [5.41, 5.74) is 9.33. The van der Waals surface area contributed by atoms with E-state index in [9.17, 15) is 0 Å². The summed E-state index contributed by atoms with van der Waals surface area (Å²) >= 11 is 0. The molecule has 0 fully saturated rings. The van der Waals surface area contributed by atoms with Crippen LogP contribution in [0.3, 0.4) is 0 Å². The molecule has 0 saturated heterocycles. The maximum Gasteiger partial charge on any atom is 0.123 e. The van der Waals surface area contributed by atoms with E-state index in [-0.39, 0.29) is 5.41 Å². The molecule has 0 aliphatic heterocycles. The molecular weight excluding hydrogens is 298 g/mol. The molecule has 0 unspecified atom stereocenters. The second-order valence-electron chi connectivity index (χ2n) is 6.98. The van der Waals surface area contributed by atoms with Crippen molar-refractivity contribution in [3.05, 3.63) is 59.2 Å². The minimum Gasteiger partial charge on any atom is -0.490 e. The molecule has 2 aromatic carbocycles. The summed E-state index contributed by atoms with van der Waals surface area (Å²) in [6, 6.07) is 14.3. The number of rotatable bonds is 7. The van der Waals surface area contributed by atoms with E-state index >= 15 is 0 Å². The first-order valence-electron chi connectivity index (χ1n) is 8.62. The van der Waals surface area contributed by atoms with Crippen molar-refractivity contribution >= 4 is 0 Å². The molecule has 2 aromatic rings. The van der Waals surface area contributed by atoms with E-state index in [2.05, 4.69) is 45.9 Å². The molecule has 130 valence electrons. The molecule has 0 spiro atoms. The standard InChI is InChI=1S/C21H29NO2/c1-5-16-8-11-20(19(14-16)21(2,3)4)24-13-12-23-18-9-6-17(15-22)7-10-18/h6-11,14H,5,12-13,15,22H2,1-4H3. The Hall–Kier alpha value is -2.00. The first-order chi connectivity index (χ1) is 11.4. The smallest absolute Gasteiger partial charge is 0.123 e. The average Bonchev–Trinajstić information content (AvgIpc) is 2.58. The number of ether oxygens (including phenoxy) is 2. The van der Waals surface area contributed by atoms with Crippen LogP contribution in [0.25, 0.3) is 0 Å². The van der Waals surface area contributed by atoms with Crippen LogP contribution < -0.4 is 15.2 Å². The molecule has 0 bridgehead atoms. The van der Waals surface area contributed by atoms with Crippen molar-refractivity contribution < 1.29 is 9.47 Å². The van der Waals surface area contributed by atoms with Gasteiger partial charge in [0.1, 0.15) is 24.7 Å². The summed E-state index contributed by atoms with van der Waals surface area (Å²) in [7, 11) is 0. The monoisotopic (exact) mass is 327 g/mol. The van der Waals surface area contributed by atoms with Crippen LogP contribution in [0.5, 0.6) is 11.5 Å². The van der Waals surface area contributed by atoms with E-state index in [0.717, 1.165) is 23.5 Å². The quantitative estimate of drug-likeness (QED) is 0.763. The number of nitrogens with two attached hydrogens (primary N) is 1. The van der Waals surface area contributed by atoms with E-state index in [1.807, 2.05) is 24.3 Å². The van der Waals surface area contributed by atoms with Gasteiger partial charge in [0, 0.05) is 6.54 Å². The van der Waals surface area contributed by atoms with E-state index < -0.39 is 0 Å². The van der Waals surface area contributed by atoms with Gasteiger partial charge in [0.15, 0.2) is 0 Å². The van der Waals surface area contributed by atoms with Crippen molar-refractivity contribution in [3.8, 4) is 11.5 Å². The molecule has 0 aromatic heterocycles. The third-order valence-corrected chi connectivity index (χ3v) is 4.03. The molecule has 0 saturated carbocycles. The highest BCUT2D eigenvalue weighted by Gasteiger charge is 2.19. The molecule has 0 heterocycles. The largest absolute Gasteiger partial charge is 0.490 e. The van der Waals surface area contributed by atoms with Crippen molar-refractivity contribution in [1.29, 1.82) is 0 Å². The van der Waals surface area contributed by atoms with Crippen LogP contribution >= 0.6 is 0 Å². The Kier molecular flexibility index (Phi) is 6.27. The van der Waals surface area contributed by atoms with Gasteiger partial charge in [0.25, 0.3) is 0 Å². The predicted molar refractivity (Wildman–Crippen MR) is 99.8 cm³/mol. The Morgan fingerprint density at radius 1 is 0.875 bits per heavy atom. The van der Waals surface area contributed by atoms with Crippen LogP contribution in [-0.2, 0) is 18.4 Å². The highest BCUT2D eigenvalue weighted by molar-refractivity contribution is 5.41. The predicted octanol–water partition coefficient (Wildman–Crippen LogP) is 4.46. The fourth-order valence-electron chi connectivity index (χ4n) is 2.54.